The predicted molar refractivity (Wildman–Crippen MR) is 103 cm³/mol. The number of hydrogen-bond acceptors (Lipinski definition) is 4. The molecule has 1 N–H and O–H groups in total. The van der Waals surface area contributed by atoms with E-state index in [2.05, 4.69) is 15.2 Å². The quantitative estimate of drug-likeness (QED) is 0.676. The fourth-order valence-corrected chi connectivity index (χ4v) is 4.17. The van der Waals surface area contributed by atoms with E-state index in [0.29, 0.717) is 16.5 Å². The summed E-state index contributed by atoms with van der Waals surface area (Å²) in [6.07, 6.45) is 2.08. The van der Waals surface area contributed by atoms with E-state index in [4.69, 9.17) is 0 Å². The Morgan fingerprint density at radius 1 is 1.07 bits per heavy atom. The van der Waals surface area contributed by atoms with Gasteiger partial charge in [-0.05, 0) is 30.5 Å². The lowest BCUT2D eigenvalue weighted by Crippen LogP contribution is -2.31. The molecule has 0 radical (unpaired) electrons. The monoisotopic (exact) mass is 382 g/mol. The number of carbonyl (C=O) groups excluding carboxylic acids is 1. The minimum atomic E-state index is -0.423. The van der Waals surface area contributed by atoms with Crippen molar-refractivity contribution in [2.45, 2.75) is 23.2 Å². The predicted octanol–water partition coefficient (Wildman–Crippen LogP) is 4.07. The maximum Gasteiger partial charge on any atom is 0.240 e. The number of nitrogens with zero attached hydrogens (tertiary/aromatic N) is 3. The molecule has 0 unspecified atom stereocenters. The molecule has 4 rings (SSSR count). The van der Waals surface area contributed by atoms with E-state index >= 15 is 0 Å². The average Bonchev–Trinajstić information content (AvgIpc) is 3.39. The van der Waals surface area contributed by atoms with E-state index in [1.165, 1.54) is 17.8 Å². The van der Waals surface area contributed by atoms with Crippen LogP contribution >= 0.6 is 11.8 Å². The number of thioether (sulfide) groups is 1. The summed E-state index contributed by atoms with van der Waals surface area (Å²) in [5.41, 5.74) is 1.27. The van der Waals surface area contributed by atoms with Gasteiger partial charge in [0.05, 0.1) is 5.56 Å². The Morgan fingerprint density at radius 3 is 2.52 bits per heavy atom. The van der Waals surface area contributed by atoms with Crippen LogP contribution < -0.4 is 0 Å². The van der Waals surface area contributed by atoms with Gasteiger partial charge < -0.3 is 4.90 Å². The van der Waals surface area contributed by atoms with Crippen LogP contribution in [0.4, 0.5) is 4.39 Å². The summed E-state index contributed by atoms with van der Waals surface area (Å²) >= 11 is 1.29. The van der Waals surface area contributed by atoms with E-state index < -0.39 is 5.25 Å². The summed E-state index contributed by atoms with van der Waals surface area (Å²) in [6.45, 7) is 1.58. The smallest absolute Gasteiger partial charge is 0.240 e. The largest absolute Gasteiger partial charge is 0.341 e. The highest BCUT2D eigenvalue weighted by molar-refractivity contribution is 8.00. The van der Waals surface area contributed by atoms with Crippen molar-refractivity contribution in [2.24, 2.45) is 0 Å². The molecular formula is C20H19FN4OS. The number of nitrogens with one attached hydrogen (secondary N) is 1. The molecule has 0 saturated carbocycles. The Labute approximate surface area is 161 Å². The molecule has 27 heavy (non-hydrogen) atoms. The van der Waals surface area contributed by atoms with Crippen LogP contribution in [-0.2, 0) is 4.79 Å². The highest BCUT2D eigenvalue weighted by Gasteiger charge is 2.30. The maximum absolute atomic E-state index is 14.0. The third-order valence-electron chi connectivity index (χ3n) is 4.56. The van der Waals surface area contributed by atoms with Gasteiger partial charge in [0.2, 0.25) is 11.1 Å². The van der Waals surface area contributed by atoms with Gasteiger partial charge >= 0.3 is 0 Å². The first-order chi connectivity index (χ1) is 13.2. The van der Waals surface area contributed by atoms with Crippen molar-refractivity contribution in [1.82, 2.24) is 20.1 Å². The van der Waals surface area contributed by atoms with Gasteiger partial charge in [0, 0.05) is 13.1 Å². The highest BCUT2D eigenvalue weighted by Crippen LogP contribution is 2.36. The average molecular weight is 382 g/mol. The molecule has 1 aliphatic heterocycles. The van der Waals surface area contributed by atoms with Crippen LogP contribution in [0, 0.1) is 5.82 Å². The van der Waals surface area contributed by atoms with Gasteiger partial charge in [0.1, 0.15) is 11.1 Å². The van der Waals surface area contributed by atoms with E-state index in [-0.39, 0.29) is 11.7 Å². The lowest BCUT2D eigenvalue weighted by Gasteiger charge is -2.22. The van der Waals surface area contributed by atoms with Crippen LogP contribution in [0.5, 0.6) is 0 Å². The summed E-state index contributed by atoms with van der Waals surface area (Å²) < 4.78 is 14.0. The Bertz CT molecular complexity index is 924. The SMILES string of the molecule is O=C([C@H](Sc1n[nH]c(-c2ccccc2F)n1)c1ccccc1)N1CCCC1. The number of benzene rings is 2. The van der Waals surface area contributed by atoms with Crippen LogP contribution in [0.2, 0.25) is 0 Å². The molecule has 3 aromatic rings. The fraction of sp³-hybridized carbons (Fsp3) is 0.250. The van der Waals surface area contributed by atoms with Crippen molar-refractivity contribution in [3.8, 4) is 11.4 Å². The number of aromatic nitrogens is 3. The standard InChI is InChI=1S/C20H19FN4OS/c21-16-11-5-4-10-15(16)18-22-20(24-23-18)27-17(14-8-2-1-3-9-14)19(26)25-12-6-7-13-25/h1-5,8-11,17H,6-7,12-13H2,(H,22,23,24)/t17-/m1/s1. The van der Waals surface area contributed by atoms with Gasteiger partial charge in [-0.1, -0.05) is 54.2 Å². The lowest BCUT2D eigenvalue weighted by molar-refractivity contribution is -0.129. The van der Waals surface area contributed by atoms with Crippen LogP contribution in [0.1, 0.15) is 23.7 Å². The number of hydrogen-bond donors (Lipinski definition) is 1. The number of amides is 1. The molecule has 7 heteroatoms. The number of H-pyrrole nitrogens is 1. The molecule has 5 nitrogen and oxygen atoms in total. The first kappa shape index (κ1) is 17.7. The van der Waals surface area contributed by atoms with Crippen LogP contribution in [0.25, 0.3) is 11.4 Å². The van der Waals surface area contributed by atoms with Gasteiger partial charge in [0.25, 0.3) is 0 Å². The van der Waals surface area contributed by atoms with E-state index in [1.807, 2.05) is 35.2 Å². The minimum absolute atomic E-state index is 0.0703. The molecule has 1 atom stereocenters. The molecule has 0 bridgehead atoms. The number of rotatable bonds is 5. The van der Waals surface area contributed by atoms with E-state index in [0.717, 1.165) is 31.5 Å². The van der Waals surface area contributed by atoms with Gasteiger partial charge in [0.15, 0.2) is 5.82 Å². The first-order valence-electron chi connectivity index (χ1n) is 8.90. The Morgan fingerprint density at radius 2 is 1.78 bits per heavy atom. The van der Waals surface area contributed by atoms with Crippen molar-refractivity contribution < 1.29 is 9.18 Å². The Hall–Kier alpha value is -2.67. The van der Waals surface area contributed by atoms with Crippen molar-refractivity contribution in [3.05, 3.63) is 66.0 Å². The second-order valence-electron chi connectivity index (χ2n) is 6.39. The zero-order chi connectivity index (χ0) is 18.6. The zero-order valence-electron chi connectivity index (χ0n) is 14.6. The fourth-order valence-electron chi connectivity index (χ4n) is 3.17. The van der Waals surface area contributed by atoms with Gasteiger partial charge in [-0.2, -0.15) is 0 Å². The van der Waals surface area contributed by atoms with E-state index in [1.54, 1.807) is 18.2 Å². The van der Waals surface area contributed by atoms with Crippen LogP contribution in [0.3, 0.4) is 0 Å². The first-order valence-corrected chi connectivity index (χ1v) is 9.78. The van der Waals surface area contributed by atoms with E-state index in [9.17, 15) is 9.18 Å². The molecule has 138 valence electrons. The normalized spacial score (nSPS) is 15.1. The molecule has 0 spiro atoms. The molecule has 1 aromatic heterocycles. The third kappa shape index (κ3) is 3.88. The maximum atomic E-state index is 14.0. The lowest BCUT2D eigenvalue weighted by atomic mass is 10.1. The zero-order valence-corrected chi connectivity index (χ0v) is 15.5. The van der Waals surface area contributed by atoms with Crippen molar-refractivity contribution in [2.75, 3.05) is 13.1 Å². The number of aromatic amines is 1. The van der Waals surface area contributed by atoms with Crippen LogP contribution in [-0.4, -0.2) is 39.1 Å². The second kappa shape index (κ2) is 7.92. The minimum Gasteiger partial charge on any atom is -0.341 e. The molecule has 2 heterocycles. The van der Waals surface area contributed by atoms with Crippen molar-refractivity contribution in [3.63, 3.8) is 0 Å². The van der Waals surface area contributed by atoms with Crippen molar-refractivity contribution >= 4 is 17.7 Å². The summed E-state index contributed by atoms with van der Waals surface area (Å²) in [4.78, 5) is 19.4. The van der Waals surface area contributed by atoms with Gasteiger partial charge in [-0.3, -0.25) is 9.89 Å². The molecule has 1 aliphatic rings. The molecule has 2 aromatic carbocycles. The molecule has 0 aliphatic carbocycles. The Balaban J connectivity index is 1.60. The summed E-state index contributed by atoms with van der Waals surface area (Å²) in [5.74, 6) is 0.0647. The third-order valence-corrected chi connectivity index (χ3v) is 5.66. The summed E-state index contributed by atoms with van der Waals surface area (Å²) in [7, 11) is 0. The number of halogens is 1. The van der Waals surface area contributed by atoms with Gasteiger partial charge in [-0.15, -0.1) is 5.10 Å². The number of carbonyl (C=O) groups is 1. The van der Waals surface area contributed by atoms with Crippen LogP contribution in [0.15, 0.2) is 59.8 Å². The summed E-state index contributed by atoms with van der Waals surface area (Å²) in [6, 6.07) is 16.1. The van der Waals surface area contributed by atoms with Crippen molar-refractivity contribution in [1.29, 1.82) is 0 Å². The molecular weight excluding hydrogens is 363 g/mol. The summed E-state index contributed by atoms with van der Waals surface area (Å²) in [5, 5.41) is 6.98. The second-order valence-corrected chi connectivity index (χ2v) is 7.46. The highest BCUT2D eigenvalue weighted by atomic mass is 32.2. The molecule has 1 saturated heterocycles. The van der Waals surface area contributed by atoms with Gasteiger partial charge in [-0.25, -0.2) is 9.37 Å². The number of likely N-dealkylation sites (tertiary alicyclic amines) is 1. The molecule has 1 amide bonds. The molecule has 1 fully saturated rings. The topological polar surface area (TPSA) is 61.9 Å². The Kier molecular flexibility index (Phi) is 5.20.